The molecular formula is C12H17ClN2OS. The third-order valence-corrected chi connectivity index (χ3v) is 4.70. The first-order valence-electron chi connectivity index (χ1n) is 5.96. The molecule has 0 radical (unpaired) electrons. The van der Waals surface area contributed by atoms with Crippen molar-refractivity contribution in [1.29, 1.82) is 0 Å². The summed E-state index contributed by atoms with van der Waals surface area (Å²) >= 11 is 7.31. The van der Waals surface area contributed by atoms with Crippen LogP contribution in [0.15, 0.2) is 11.4 Å². The van der Waals surface area contributed by atoms with Gasteiger partial charge in [0.15, 0.2) is 0 Å². The fourth-order valence-electron chi connectivity index (χ4n) is 2.42. The average Bonchev–Trinajstić information content (AvgIpc) is 2.96. The van der Waals surface area contributed by atoms with E-state index in [1.807, 2.05) is 5.38 Å². The second-order valence-electron chi connectivity index (χ2n) is 4.46. The van der Waals surface area contributed by atoms with E-state index in [0.29, 0.717) is 22.4 Å². The Labute approximate surface area is 110 Å². The number of amides is 1. The fraction of sp³-hybridized carbons (Fsp3) is 0.583. The third-order valence-electron chi connectivity index (χ3n) is 3.36. The lowest BCUT2D eigenvalue weighted by Crippen LogP contribution is -2.44. The van der Waals surface area contributed by atoms with Crippen LogP contribution in [0.25, 0.3) is 0 Å². The maximum absolute atomic E-state index is 12.0. The van der Waals surface area contributed by atoms with Gasteiger partial charge in [0, 0.05) is 12.6 Å². The van der Waals surface area contributed by atoms with Crippen LogP contribution in [0.1, 0.15) is 35.4 Å². The Hall–Kier alpha value is -0.580. The highest BCUT2D eigenvalue weighted by Gasteiger charge is 2.26. The van der Waals surface area contributed by atoms with E-state index in [1.165, 1.54) is 37.0 Å². The van der Waals surface area contributed by atoms with Crippen molar-refractivity contribution >= 4 is 28.8 Å². The van der Waals surface area contributed by atoms with Crippen molar-refractivity contribution in [3.05, 3.63) is 21.3 Å². The molecule has 1 aliphatic rings. The number of rotatable bonds is 4. The molecule has 0 bridgehead atoms. The summed E-state index contributed by atoms with van der Waals surface area (Å²) in [5, 5.41) is 5.36. The lowest BCUT2D eigenvalue weighted by molar-refractivity contribution is 0.0928. The molecule has 5 heteroatoms. The van der Waals surface area contributed by atoms with Crippen molar-refractivity contribution in [3.8, 4) is 0 Å². The minimum absolute atomic E-state index is 0.0863. The summed E-state index contributed by atoms with van der Waals surface area (Å²) in [6.45, 7) is 0.499. The minimum atomic E-state index is -0.0904. The molecule has 1 unspecified atom stereocenters. The van der Waals surface area contributed by atoms with Crippen molar-refractivity contribution < 1.29 is 4.79 Å². The van der Waals surface area contributed by atoms with Crippen LogP contribution >= 0.6 is 22.9 Å². The number of nitrogens with two attached hydrogens (primary N) is 1. The largest absolute Gasteiger partial charge is 0.347 e. The van der Waals surface area contributed by atoms with Crippen LogP contribution in [0.5, 0.6) is 0 Å². The highest BCUT2D eigenvalue weighted by molar-refractivity contribution is 7.12. The van der Waals surface area contributed by atoms with Crippen LogP contribution < -0.4 is 11.1 Å². The molecule has 0 aromatic carbocycles. The molecule has 1 amide bonds. The van der Waals surface area contributed by atoms with Crippen molar-refractivity contribution in [2.75, 3.05) is 6.54 Å². The van der Waals surface area contributed by atoms with E-state index in [-0.39, 0.29) is 11.9 Å². The summed E-state index contributed by atoms with van der Waals surface area (Å²) in [6, 6.07) is 1.83. The molecule has 0 saturated heterocycles. The van der Waals surface area contributed by atoms with Gasteiger partial charge in [-0.25, -0.2) is 0 Å². The highest BCUT2D eigenvalue weighted by atomic mass is 35.5. The zero-order valence-electron chi connectivity index (χ0n) is 9.62. The Kier molecular flexibility index (Phi) is 4.42. The number of carbonyl (C=O) groups is 1. The average molecular weight is 273 g/mol. The summed E-state index contributed by atoms with van der Waals surface area (Å²) < 4.78 is 0. The number of carbonyl (C=O) groups excluding carboxylic acids is 1. The second-order valence-corrected chi connectivity index (χ2v) is 5.78. The maximum atomic E-state index is 12.0. The second kappa shape index (κ2) is 5.85. The Bertz CT molecular complexity index is 388. The SMILES string of the molecule is NCC(NC(=O)c1sccc1Cl)C1CCCC1. The topological polar surface area (TPSA) is 55.1 Å². The Balaban J connectivity index is 1.99. The van der Waals surface area contributed by atoms with Crippen molar-refractivity contribution in [2.45, 2.75) is 31.7 Å². The molecule has 1 aromatic rings. The van der Waals surface area contributed by atoms with Gasteiger partial charge in [0.1, 0.15) is 4.88 Å². The number of hydrogen-bond acceptors (Lipinski definition) is 3. The fourth-order valence-corrected chi connectivity index (χ4v) is 3.46. The number of hydrogen-bond donors (Lipinski definition) is 2. The lowest BCUT2D eigenvalue weighted by atomic mass is 9.98. The van der Waals surface area contributed by atoms with Gasteiger partial charge in [-0.1, -0.05) is 24.4 Å². The van der Waals surface area contributed by atoms with Gasteiger partial charge in [-0.05, 0) is 30.2 Å². The molecule has 0 aliphatic heterocycles. The monoisotopic (exact) mass is 272 g/mol. The quantitative estimate of drug-likeness (QED) is 0.885. The van der Waals surface area contributed by atoms with Gasteiger partial charge in [0.2, 0.25) is 0 Å². The Morgan fingerprint density at radius 3 is 2.82 bits per heavy atom. The minimum Gasteiger partial charge on any atom is -0.347 e. The third kappa shape index (κ3) is 3.00. The van der Waals surface area contributed by atoms with Crippen LogP contribution in [0.4, 0.5) is 0 Å². The molecule has 3 nitrogen and oxygen atoms in total. The zero-order chi connectivity index (χ0) is 12.3. The standard InChI is InChI=1S/C12H17ClN2OS/c13-9-5-6-17-11(9)12(16)15-10(7-14)8-3-1-2-4-8/h5-6,8,10H,1-4,7,14H2,(H,15,16). The van der Waals surface area contributed by atoms with Crippen LogP contribution in [0, 0.1) is 5.92 Å². The Morgan fingerprint density at radius 1 is 1.59 bits per heavy atom. The van der Waals surface area contributed by atoms with E-state index in [0.717, 1.165) is 0 Å². The molecule has 3 N–H and O–H groups in total. The van der Waals surface area contributed by atoms with E-state index in [9.17, 15) is 4.79 Å². The molecule has 17 heavy (non-hydrogen) atoms. The predicted molar refractivity (Wildman–Crippen MR) is 71.6 cm³/mol. The van der Waals surface area contributed by atoms with Gasteiger partial charge in [0.05, 0.1) is 5.02 Å². The number of halogens is 1. The molecule has 94 valence electrons. The van der Waals surface area contributed by atoms with E-state index < -0.39 is 0 Å². The smallest absolute Gasteiger partial charge is 0.263 e. The molecule has 1 aliphatic carbocycles. The maximum Gasteiger partial charge on any atom is 0.263 e. The van der Waals surface area contributed by atoms with E-state index in [1.54, 1.807) is 6.07 Å². The number of thiophene rings is 1. The van der Waals surface area contributed by atoms with E-state index in [4.69, 9.17) is 17.3 Å². The summed E-state index contributed by atoms with van der Waals surface area (Å²) in [7, 11) is 0. The van der Waals surface area contributed by atoms with Gasteiger partial charge in [0.25, 0.3) is 5.91 Å². The summed E-state index contributed by atoms with van der Waals surface area (Å²) in [5.41, 5.74) is 5.75. The van der Waals surface area contributed by atoms with Gasteiger partial charge in [-0.2, -0.15) is 0 Å². The molecule has 1 atom stereocenters. The Morgan fingerprint density at radius 2 is 2.29 bits per heavy atom. The van der Waals surface area contributed by atoms with Gasteiger partial charge in [-0.15, -0.1) is 11.3 Å². The van der Waals surface area contributed by atoms with Crippen molar-refractivity contribution in [2.24, 2.45) is 11.7 Å². The normalized spacial score (nSPS) is 18.2. The molecule has 1 aromatic heterocycles. The molecule has 1 fully saturated rings. The van der Waals surface area contributed by atoms with Crippen molar-refractivity contribution in [3.63, 3.8) is 0 Å². The van der Waals surface area contributed by atoms with Crippen molar-refractivity contribution in [1.82, 2.24) is 5.32 Å². The first-order chi connectivity index (χ1) is 8.22. The molecule has 0 spiro atoms. The highest BCUT2D eigenvalue weighted by Crippen LogP contribution is 2.28. The first kappa shape index (κ1) is 12.9. The van der Waals surface area contributed by atoms with Crippen LogP contribution in [-0.4, -0.2) is 18.5 Å². The zero-order valence-corrected chi connectivity index (χ0v) is 11.2. The van der Waals surface area contributed by atoms with Gasteiger partial charge >= 0.3 is 0 Å². The van der Waals surface area contributed by atoms with Gasteiger partial charge in [-0.3, -0.25) is 4.79 Å². The summed E-state index contributed by atoms with van der Waals surface area (Å²) in [6.07, 6.45) is 4.83. The van der Waals surface area contributed by atoms with E-state index >= 15 is 0 Å². The van der Waals surface area contributed by atoms with Crippen LogP contribution in [-0.2, 0) is 0 Å². The van der Waals surface area contributed by atoms with E-state index in [2.05, 4.69) is 5.32 Å². The summed E-state index contributed by atoms with van der Waals surface area (Å²) in [5.74, 6) is 0.440. The number of nitrogens with one attached hydrogen (secondary N) is 1. The predicted octanol–water partition coefficient (Wildman–Crippen LogP) is 2.65. The summed E-state index contributed by atoms with van der Waals surface area (Å²) in [4.78, 5) is 12.6. The molecule has 2 rings (SSSR count). The van der Waals surface area contributed by atoms with Crippen LogP contribution in [0.2, 0.25) is 5.02 Å². The van der Waals surface area contributed by atoms with Crippen LogP contribution in [0.3, 0.4) is 0 Å². The van der Waals surface area contributed by atoms with Gasteiger partial charge < -0.3 is 11.1 Å². The molecule has 1 saturated carbocycles. The first-order valence-corrected chi connectivity index (χ1v) is 7.22. The lowest BCUT2D eigenvalue weighted by Gasteiger charge is -2.22. The molecule has 1 heterocycles. The molecular weight excluding hydrogens is 256 g/mol.